The summed E-state index contributed by atoms with van der Waals surface area (Å²) in [6, 6.07) is 3.46. The number of ether oxygens (including phenoxy) is 1. The second-order valence-corrected chi connectivity index (χ2v) is 7.03. The first-order valence-electron chi connectivity index (χ1n) is 6.98. The highest BCUT2D eigenvalue weighted by Gasteiger charge is 2.34. The van der Waals surface area contributed by atoms with Crippen molar-refractivity contribution in [2.45, 2.75) is 45.5 Å². The van der Waals surface area contributed by atoms with Gasteiger partial charge in [-0.3, -0.25) is 0 Å². The molecule has 0 saturated heterocycles. The molecular weight excluding hydrogens is 377 g/mol. The molecule has 1 unspecified atom stereocenters. The van der Waals surface area contributed by atoms with Gasteiger partial charge in [0.1, 0.15) is 5.60 Å². The number of carbonyl (C=O) groups is 1. The number of alkyl halides is 3. The fourth-order valence-corrected chi connectivity index (χ4v) is 2.11. The Bertz CT molecular complexity index is 557. The first-order chi connectivity index (χ1) is 10.4. The minimum absolute atomic E-state index is 0.0424. The van der Waals surface area contributed by atoms with Gasteiger partial charge in [0.25, 0.3) is 0 Å². The van der Waals surface area contributed by atoms with Gasteiger partial charge in [-0.25, -0.2) is 4.79 Å². The van der Waals surface area contributed by atoms with Gasteiger partial charge in [0.15, 0.2) is 0 Å². The molecule has 0 aliphatic heterocycles. The third-order valence-corrected chi connectivity index (χ3v) is 3.13. The van der Waals surface area contributed by atoms with Crippen LogP contribution in [0.15, 0.2) is 22.7 Å². The summed E-state index contributed by atoms with van der Waals surface area (Å²) in [7, 11) is 0. The van der Waals surface area contributed by atoms with E-state index in [4.69, 9.17) is 4.74 Å². The molecule has 0 bridgehead atoms. The highest BCUT2D eigenvalue weighted by atomic mass is 79.9. The largest absolute Gasteiger partial charge is 0.444 e. The Morgan fingerprint density at radius 3 is 2.43 bits per heavy atom. The monoisotopic (exact) mass is 396 g/mol. The van der Waals surface area contributed by atoms with Gasteiger partial charge in [-0.1, -0.05) is 15.9 Å². The zero-order chi connectivity index (χ0) is 17.8. The van der Waals surface area contributed by atoms with Crippen LogP contribution in [0, 0.1) is 0 Å². The predicted molar refractivity (Wildman–Crippen MR) is 86.5 cm³/mol. The van der Waals surface area contributed by atoms with Crippen LogP contribution in [0.5, 0.6) is 0 Å². The number of benzene rings is 1. The SMILES string of the molecule is CC(CNC(=O)OC(C)(C)C)Nc1ccc(Br)cc1C(F)(F)F. The lowest BCUT2D eigenvalue weighted by molar-refractivity contribution is -0.137. The highest BCUT2D eigenvalue weighted by Crippen LogP contribution is 2.36. The summed E-state index contributed by atoms with van der Waals surface area (Å²) >= 11 is 3.03. The molecule has 0 fully saturated rings. The summed E-state index contributed by atoms with van der Waals surface area (Å²) in [6.07, 6.45) is -5.08. The zero-order valence-corrected chi connectivity index (χ0v) is 14.9. The van der Waals surface area contributed by atoms with Crippen molar-refractivity contribution < 1.29 is 22.7 Å². The molecule has 23 heavy (non-hydrogen) atoms. The molecule has 1 amide bonds. The van der Waals surface area contributed by atoms with Crippen molar-refractivity contribution in [3.8, 4) is 0 Å². The molecule has 0 saturated carbocycles. The fourth-order valence-electron chi connectivity index (χ4n) is 1.74. The normalized spacial score (nSPS) is 13.4. The van der Waals surface area contributed by atoms with Crippen LogP contribution in [0.2, 0.25) is 0 Å². The van der Waals surface area contributed by atoms with Crippen LogP contribution in [-0.4, -0.2) is 24.3 Å². The van der Waals surface area contributed by atoms with Crippen LogP contribution in [0.1, 0.15) is 33.3 Å². The quantitative estimate of drug-likeness (QED) is 0.768. The number of hydrogen-bond donors (Lipinski definition) is 2. The average Bonchev–Trinajstić information content (AvgIpc) is 2.35. The summed E-state index contributed by atoms with van der Waals surface area (Å²) < 4.78 is 44.5. The lowest BCUT2D eigenvalue weighted by Crippen LogP contribution is -2.38. The zero-order valence-electron chi connectivity index (χ0n) is 13.3. The minimum Gasteiger partial charge on any atom is -0.444 e. The van der Waals surface area contributed by atoms with E-state index in [9.17, 15) is 18.0 Å². The highest BCUT2D eigenvalue weighted by molar-refractivity contribution is 9.10. The van der Waals surface area contributed by atoms with Crippen LogP contribution >= 0.6 is 15.9 Å². The lowest BCUT2D eigenvalue weighted by atomic mass is 10.1. The van der Waals surface area contributed by atoms with E-state index in [0.717, 1.165) is 6.07 Å². The number of rotatable bonds is 4. The van der Waals surface area contributed by atoms with Gasteiger partial charge in [-0.05, 0) is 45.9 Å². The number of alkyl carbamates (subject to hydrolysis) is 1. The first kappa shape index (κ1) is 19.6. The maximum Gasteiger partial charge on any atom is 0.418 e. The molecule has 0 radical (unpaired) electrons. The molecule has 0 aliphatic carbocycles. The Morgan fingerprint density at radius 2 is 1.91 bits per heavy atom. The second-order valence-electron chi connectivity index (χ2n) is 6.12. The Hall–Kier alpha value is -1.44. The van der Waals surface area contributed by atoms with Crippen LogP contribution in [-0.2, 0) is 10.9 Å². The molecule has 0 heterocycles. The maximum absolute atomic E-state index is 13.0. The lowest BCUT2D eigenvalue weighted by Gasteiger charge is -2.22. The van der Waals surface area contributed by atoms with Gasteiger partial charge in [-0.2, -0.15) is 13.2 Å². The summed E-state index contributed by atoms with van der Waals surface area (Å²) in [4.78, 5) is 11.5. The van der Waals surface area contributed by atoms with E-state index in [2.05, 4.69) is 26.6 Å². The van der Waals surface area contributed by atoms with Gasteiger partial charge in [-0.15, -0.1) is 0 Å². The Balaban J connectivity index is 2.68. The summed E-state index contributed by atoms with van der Waals surface area (Å²) in [6.45, 7) is 6.98. The molecule has 4 nitrogen and oxygen atoms in total. The van der Waals surface area contributed by atoms with Gasteiger partial charge in [0.05, 0.1) is 5.56 Å². The van der Waals surface area contributed by atoms with E-state index in [1.54, 1.807) is 27.7 Å². The van der Waals surface area contributed by atoms with Crippen molar-refractivity contribution in [1.82, 2.24) is 5.32 Å². The van der Waals surface area contributed by atoms with Crippen molar-refractivity contribution in [2.24, 2.45) is 0 Å². The van der Waals surface area contributed by atoms with Crippen molar-refractivity contribution in [3.63, 3.8) is 0 Å². The van der Waals surface area contributed by atoms with E-state index < -0.39 is 29.5 Å². The van der Waals surface area contributed by atoms with Crippen molar-refractivity contribution in [3.05, 3.63) is 28.2 Å². The molecule has 0 spiro atoms. The molecule has 1 atom stereocenters. The standard InChI is InChI=1S/C15H20BrF3N2O2/c1-9(8-20-13(22)23-14(2,3)4)21-12-6-5-10(16)7-11(12)15(17,18)19/h5-7,9,21H,8H2,1-4H3,(H,20,22). The number of halogens is 4. The summed E-state index contributed by atoms with van der Waals surface area (Å²) in [5.41, 5.74) is -1.44. The van der Waals surface area contributed by atoms with Gasteiger partial charge >= 0.3 is 12.3 Å². The van der Waals surface area contributed by atoms with Gasteiger partial charge in [0, 0.05) is 22.7 Å². The third kappa shape index (κ3) is 7.11. The Morgan fingerprint density at radius 1 is 1.30 bits per heavy atom. The van der Waals surface area contributed by atoms with Gasteiger partial charge in [0.2, 0.25) is 0 Å². The number of hydrogen-bond acceptors (Lipinski definition) is 3. The van der Waals surface area contributed by atoms with Crippen molar-refractivity contribution in [2.75, 3.05) is 11.9 Å². The topological polar surface area (TPSA) is 50.4 Å². The van der Waals surface area contributed by atoms with Gasteiger partial charge < -0.3 is 15.4 Å². The fraction of sp³-hybridized carbons (Fsp3) is 0.533. The molecule has 0 aromatic heterocycles. The molecule has 130 valence electrons. The number of amides is 1. The first-order valence-corrected chi connectivity index (χ1v) is 7.78. The van der Waals surface area contributed by atoms with Crippen LogP contribution in [0.25, 0.3) is 0 Å². The van der Waals surface area contributed by atoms with E-state index in [-0.39, 0.29) is 12.2 Å². The third-order valence-electron chi connectivity index (χ3n) is 2.64. The molecule has 1 rings (SSSR count). The Kier molecular flexibility index (Phi) is 6.33. The molecule has 1 aromatic carbocycles. The van der Waals surface area contributed by atoms with Crippen molar-refractivity contribution in [1.29, 1.82) is 0 Å². The van der Waals surface area contributed by atoms with E-state index in [1.165, 1.54) is 12.1 Å². The molecule has 0 aliphatic rings. The predicted octanol–water partition coefficient (Wildman–Crippen LogP) is 4.79. The molecular formula is C15H20BrF3N2O2. The van der Waals surface area contributed by atoms with Crippen LogP contribution in [0.3, 0.4) is 0 Å². The number of carbonyl (C=O) groups excluding carboxylic acids is 1. The summed E-state index contributed by atoms with van der Waals surface area (Å²) in [5, 5.41) is 5.27. The Labute approximate surface area is 141 Å². The van der Waals surface area contributed by atoms with E-state index in [1.807, 2.05) is 0 Å². The average molecular weight is 397 g/mol. The van der Waals surface area contributed by atoms with E-state index >= 15 is 0 Å². The van der Waals surface area contributed by atoms with Crippen molar-refractivity contribution >= 4 is 27.7 Å². The van der Waals surface area contributed by atoms with E-state index in [0.29, 0.717) is 4.47 Å². The minimum atomic E-state index is -4.47. The number of nitrogens with one attached hydrogen (secondary N) is 2. The molecule has 1 aromatic rings. The smallest absolute Gasteiger partial charge is 0.418 e. The number of anilines is 1. The molecule has 8 heteroatoms. The molecule has 2 N–H and O–H groups in total. The van der Waals surface area contributed by atoms with Crippen LogP contribution < -0.4 is 10.6 Å². The summed E-state index contributed by atoms with van der Waals surface area (Å²) in [5.74, 6) is 0. The second kappa shape index (κ2) is 7.42. The maximum atomic E-state index is 13.0. The van der Waals surface area contributed by atoms with Crippen LogP contribution in [0.4, 0.5) is 23.7 Å².